The van der Waals surface area contributed by atoms with Crippen LogP contribution in [0.3, 0.4) is 0 Å². The van der Waals surface area contributed by atoms with Crippen molar-refractivity contribution < 1.29 is 14.3 Å². The Labute approximate surface area is 78.8 Å². The highest BCUT2D eigenvalue weighted by molar-refractivity contribution is 5.69. The topological polar surface area (TPSA) is 38.8 Å². The van der Waals surface area contributed by atoms with Gasteiger partial charge in [-0.3, -0.25) is 9.69 Å². The third-order valence-electron chi connectivity index (χ3n) is 2.36. The van der Waals surface area contributed by atoms with Crippen molar-refractivity contribution in [3.8, 4) is 0 Å². The average molecular weight is 187 g/mol. The number of carbonyl (C=O) groups is 1. The minimum atomic E-state index is -0.140. The fourth-order valence-corrected chi connectivity index (χ4v) is 1.47. The Morgan fingerprint density at radius 1 is 1.54 bits per heavy atom. The zero-order chi connectivity index (χ0) is 9.68. The first kappa shape index (κ1) is 10.5. The first-order chi connectivity index (χ1) is 6.24. The highest BCUT2D eigenvalue weighted by Crippen LogP contribution is 2.07. The van der Waals surface area contributed by atoms with Gasteiger partial charge in [-0.25, -0.2) is 0 Å². The maximum atomic E-state index is 11.0. The molecule has 0 aromatic heterocycles. The molecule has 4 nitrogen and oxygen atoms in total. The third-order valence-corrected chi connectivity index (χ3v) is 2.36. The second kappa shape index (κ2) is 5.19. The van der Waals surface area contributed by atoms with Crippen LogP contribution >= 0.6 is 0 Å². The Bertz CT molecular complexity index is 166. The molecule has 1 aliphatic rings. The summed E-state index contributed by atoms with van der Waals surface area (Å²) in [5.41, 5.74) is 0. The second-order valence-corrected chi connectivity index (χ2v) is 3.28. The number of esters is 1. The molecule has 1 fully saturated rings. The first-order valence-electron chi connectivity index (χ1n) is 4.62. The quantitative estimate of drug-likeness (QED) is 0.594. The number of methoxy groups -OCH3 is 1. The van der Waals surface area contributed by atoms with E-state index >= 15 is 0 Å². The number of carbonyl (C=O) groups excluding carboxylic acids is 1. The number of ether oxygens (including phenoxy) is 2. The lowest BCUT2D eigenvalue weighted by Crippen LogP contribution is -2.43. The lowest BCUT2D eigenvalue weighted by molar-refractivity contribution is -0.142. The van der Waals surface area contributed by atoms with Crippen LogP contribution in [0.2, 0.25) is 0 Å². The van der Waals surface area contributed by atoms with Crippen LogP contribution in [0.25, 0.3) is 0 Å². The van der Waals surface area contributed by atoms with Crippen molar-refractivity contribution >= 4 is 5.97 Å². The van der Waals surface area contributed by atoms with E-state index in [9.17, 15) is 4.79 Å². The normalized spacial score (nSPS) is 21.1. The number of hydrogen-bond donors (Lipinski definition) is 0. The summed E-state index contributed by atoms with van der Waals surface area (Å²) in [7, 11) is 1.42. The maximum Gasteiger partial charge on any atom is 0.307 e. The van der Waals surface area contributed by atoms with Crippen LogP contribution < -0.4 is 0 Å². The Morgan fingerprint density at radius 2 is 2.15 bits per heavy atom. The van der Waals surface area contributed by atoms with Gasteiger partial charge < -0.3 is 9.47 Å². The molecule has 0 radical (unpaired) electrons. The van der Waals surface area contributed by atoms with Crippen LogP contribution in [-0.4, -0.2) is 50.3 Å². The lowest BCUT2D eigenvalue weighted by atomic mass is 10.2. The van der Waals surface area contributed by atoms with Gasteiger partial charge in [0.25, 0.3) is 0 Å². The van der Waals surface area contributed by atoms with Crippen molar-refractivity contribution in [3.05, 3.63) is 0 Å². The lowest BCUT2D eigenvalue weighted by Gasteiger charge is -2.31. The summed E-state index contributed by atoms with van der Waals surface area (Å²) in [6, 6.07) is 0.261. The molecule has 4 heteroatoms. The first-order valence-corrected chi connectivity index (χ1v) is 4.62. The Hall–Kier alpha value is -0.610. The molecule has 1 heterocycles. The summed E-state index contributed by atoms with van der Waals surface area (Å²) in [6.45, 7) is 5.41. The highest BCUT2D eigenvalue weighted by Gasteiger charge is 2.19. The molecule has 0 unspecified atom stereocenters. The van der Waals surface area contributed by atoms with Gasteiger partial charge in [-0.2, -0.15) is 0 Å². The summed E-state index contributed by atoms with van der Waals surface area (Å²) < 4.78 is 9.84. The molecule has 0 aromatic carbocycles. The van der Waals surface area contributed by atoms with E-state index in [-0.39, 0.29) is 12.0 Å². The van der Waals surface area contributed by atoms with E-state index in [0.29, 0.717) is 6.42 Å². The zero-order valence-electron chi connectivity index (χ0n) is 8.28. The highest BCUT2D eigenvalue weighted by atomic mass is 16.5. The van der Waals surface area contributed by atoms with Gasteiger partial charge >= 0.3 is 5.97 Å². The minimum absolute atomic E-state index is 0.140. The van der Waals surface area contributed by atoms with E-state index in [1.165, 1.54) is 7.11 Å². The standard InChI is InChI=1S/C9H17NO3/c1-8(7-9(11)12-2)10-3-5-13-6-4-10/h8H,3-7H2,1-2H3/t8-/m1/s1. The summed E-state index contributed by atoms with van der Waals surface area (Å²) in [5, 5.41) is 0. The van der Waals surface area contributed by atoms with Crippen molar-refractivity contribution in [2.24, 2.45) is 0 Å². The van der Waals surface area contributed by atoms with Gasteiger partial charge in [-0.15, -0.1) is 0 Å². The fraction of sp³-hybridized carbons (Fsp3) is 0.889. The molecular weight excluding hydrogens is 170 g/mol. The van der Waals surface area contributed by atoms with Crippen molar-refractivity contribution in [1.29, 1.82) is 0 Å². The Kier molecular flexibility index (Phi) is 4.18. The Balaban J connectivity index is 2.28. The van der Waals surface area contributed by atoms with E-state index in [2.05, 4.69) is 9.64 Å². The van der Waals surface area contributed by atoms with Gasteiger partial charge in [0, 0.05) is 19.1 Å². The molecule has 0 aromatic rings. The largest absolute Gasteiger partial charge is 0.469 e. The SMILES string of the molecule is COC(=O)C[C@@H](C)N1CCOCC1. The molecule has 0 aliphatic carbocycles. The van der Waals surface area contributed by atoms with Gasteiger partial charge in [0.2, 0.25) is 0 Å². The van der Waals surface area contributed by atoms with E-state index in [0.717, 1.165) is 26.3 Å². The smallest absolute Gasteiger partial charge is 0.307 e. The summed E-state index contributed by atoms with van der Waals surface area (Å²) >= 11 is 0. The molecule has 1 aliphatic heterocycles. The summed E-state index contributed by atoms with van der Waals surface area (Å²) in [6.07, 6.45) is 0.469. The van der Waals surface area contributed by atoms with Gasteiger partial charge in [0.05, 0.1) is 26.7 Å². The number of hydrogen-bond acceptors (Lipinski definition) is 4. The predicted octanol–water partition coefficient (Wildman–Crippen LogP) is 0.270. The van der Waals surface area contributed by atoms with Gasteiger partial charge in [-0.1, -0.05) is 0 Å². The number of morpholine rings is 1. The molecular formula is C9H17NO3. The second-order valence-electron chi connectivity index (χ2n) is 3.28. The molecule has 0 bridgehead atoms. The van der Waals surface area contributed by atoms with Crippen molar-refractivity contribution in [2.75, 3.05) is 33.4 Å². The van der Waals surface area contributed by atoms with Crippen molar-refractivity contribution in [3.63, 3.8) is 0 Å². The minimum Gasteiger partial charge on any atom is -0.469 e. The Morgan fingerprint density at radius 3 is 2.69 bits per heavy atom. The molecule has 0 saturated carbocycles. The van der Waals surface area contributed by atoms with Crippen LogP contribution in [0.1, 0.15) is 13.3 Å². The summed E-state index contributed by atoms with van der Waals surface area (Å²) in [5.74, 6) is -0.140. The fourth-order valence-electron chi connectivity index (χ4n) is 1.47. The maximum absolute atomic E-state index is 11.0. The third kappa shape index (κ3) is 3.32. The van der Waals surface area contributed by atoms with Crippen LogP contribution in [-0.2, 0) is 14.3 Å². The van der Waals surface area contributed by atoms with E-state index in [4.69, 9.17) is 4.74 Å². The van der Waals surface area contributed by atoms with E-state index in [1.807, 2.05) is 6.92 Å². The van der Waals surface area contributed by atoms with E-state index < -0.39 is 0 Å². The van der Waals surface area contributed by atoms with Crippen molar-refractivity contribution in [1.82, 2.24) is 4.90 Å². The number of nitrogens with zero attached hydrogens (tertiary/aromatic N) is 1. The zero-order valence-corrected chi connectivity index (χ0v) is 8.28. The van der Waals surface area contributed by atoms with Gasteiger partial charge in [0.15, 0.2) is 0 Å². The molecule has 1 rings (SSSR count). The van der Waals surface area contributed by atoms with Gasteiger partial charge in [-0.05, 0) is 6.92 Å². The predicted molar refractivity (Wildman–Crippen MR) is 48.5 cm³/mol. The molecule has 13 heavy (non-hydrogen) atoms. The van der Waals surface area contributed by atoms with Crippen molar-refractivity contribution in [2.45, 2.75) is 19.4 Å². The molecule has 76 valence electrons. The van der Waals surface area contributed by atoms with Crippen LogP contribution in [0, 0.1) is 0 Å². The molecule has 1 atom stereocenters. The molecule has 0 amide bonds. The average Bonchev–Trinajstić information content (AvgIpc) is 2.19. The molecule has 0 N–H and O–H groups in total. The van der Waals surface area contributed by atoms with Crippen LogP contribution in [0.5, 0.6) is 0 Å². The van der Waals surface area contributed by atoms with Crippen LogP contribution in [0.4, 0.5) is 0 Å². The molecule has 0 spiro atoms. The monoisotopic (exact) mass is 187 g/mol. The summed E-state index contributed by atoms with van der Waals surface area (Å²) in [4.78, 5) is 13.2. The number of rotatable bonds is 3. The van der Waals surface area contributed by atoms with Crippen LogP contribution in [0.15, 0.2) is 0 Å². The molecule has 1 saturated heterocycles. The van der Waals surface area contributed by atoms with Gasteiger partial charge in [0.1, 0.15) is 0 Å². The van der Waals surface area contributed by atoms with E-state index in [1.54, 1.807) is 0 Å².